The van der Waals surface area contributed by atoms with E-state index in [0.29, 0.717) is 24.7 Å². The first-order valence-corrected chi connectivity index (χ1v) is 11.9. The number of carbonyl (C=O) groups excluding carboxylic acids is 1. The Labute approximate surface area is 218 Å². The highest BCUT2D eigenvalue weighted by Gasteiger charge is 2.35. The number of halogens is 4. The molecule has 0 bridgehead atoms. The minimum absolute atomic E-state index is 0.109. The molecule has 1 aliphatic heterocycles. The first-order valence-electron chi connectivity index (χ1n) is 11.5. The van der Waals surface area contributed by atoms with Crippen molar-refractivity contribution in [1.29, 1.82) is 0 Å². The largest absolute Gasteiger partial charge is 0.478 e. The van der Waals surface area contributed by atoms with E-state index in [-0.39, 0.29) is 24.7 Å². The number of amides is 1. The lowest BCUT2D eigenvalue weighted by Crippen LogP contribution is -2.43. The Hall–Kier alpha value is -4.00. The molecule has 4 N–H and O–H groups in total. The van der Waals surface area contributed by atoms with Crippen molar-refractivity contribution in [3.8, 4) is 11.4 Å². The van der Waals surface area contributed by atoms with E-state index in [1.165, 1.54) is 9.58 Å². The van der Waals surface area contributed by atoms with E-state index in [0.717, 1.165) is 11.6 Å². The van der Waals surface area contributed by atoms with E-state index in [1.54, 1.807) is 0 Å². The Kier molecular flexibility index (Phi) is 7.67. The molecule has 1 fully saturated rings. The molecule has 1 amide bonds. The van der Waals surface area contributed by atoms with Gasteiger partial charge in [0.1, 0.15) is 0 Å². The highest BCUT2D eigenvalue weighted by Crippen LogP contribution is 2.38. The number of carboxylic acids is 1. The number of aliphatic carboxylic acids is 1. The van der Waals surface area contributed by atoms with Crippen molar-refractivity contribution in [2.24, 2.45) is 0 Å². The molecular weight excluding hydrogens is 531 g/mol. The number of carboxylic acid groups (broad SMARTS) is 1. The van der Waals surface area contributed by atoms with E-state index in [4.69, 9.17) is 22.1 Å². The van der Waals surface area contributed by atoms with E-state index in [2.05, 4.69) is 10.1 Å². The number of H-pyrrole nitrogens is 1. The van der Waals surface area contributed by atoms with Crippen LogP contribution < -0.4 is 11.4 Å². The maximum absolute atomic E-state index is 13.2. The Bertz CT molecular complexity index is 1380. The Balaban J connectivity index is 1.40. The number of aromatic amines is 1. The molecule has 38 heavy (non-hydrogen) atoms. The molecule has 0 unspecified atom stereocenters. The van der Waals surface area contributed by atoms with Gasteiger partial charge in [0.2, 0.25) is 6.10 Å². The molecule has 4 rings (SSSR count). The van der Waals surface area contributed by atoms with Crippen molar-refractivity contribution in [3.63, 3.8) is 0 Å². The van der Waals surface area contributed by atoms with Crippen molar-refractivity contribution in [2.75, 3.05) is 18.8 Å². The van der Waals surface area contributed by atoms with Crippen molar-refractivity contribution in [1.82, 2.24) is 19.7 Å². The van der Waals surface area contributed by atoms with Crippen molar-refractivity contribution < 1.29 is 32.6 Å². The molecule has 1 saturated heterocycles. The third-order valence-corrected chi connectivity index (χ3v) is 6.50. The lowest BCUT2D eigenvalue weighted by atomic mass is 10.0. The molecular formula is C24H23ClF3N5O5. The molecule has 1 atom stereocenters. The van der Waals surface area contributed by atoms with Crippen LogP contribution in [-0.2, 0) is 22.1 Å². The van der Waals surface area contributed by atoms with Crippen molar-refractivity contribution in [2.45, 2.75) is 37.6 Å². The third-order valence-electron chi connectivity index (χ3n) is 6.19. The highest BCUT2D eigenvalue weighted by atomic mass is 35.5. The minimum Gasteiger partial charge on any atom is -0.478 e. The van der Waals surface area contributed by atoms with E-state index < -0.39 is 52.7 Å². The van der Waals surface area contributed by atoms with Crippen LogP contribution in [0.3, 0.4) is 0 Å². The second-order valence-electron chi connectivity index (χ2n) is 8.76. The fraction of sp³-hybridized carbons (Fsp3) is 0.333. The number of benzene rings is 2. The first-order chi connectivity index (χ1) is 17.9. The minimum atomic E-state index is -4.80. The first kappa shape index (κ1) is 27.0. The Morgan fingerprint density at radius 2 is 1.87 bits per heavy atom. The molecule has 14 heteroatoms. The van der Waals surface area contributed by atoms with E-state index in [9.17, 15) is 32.7 Å². The van der Waals surface area contributed by atoms with Crippen LogP contribution in [0.4, 0.5) is 23.7 Å². The third kappa shape index (κ3) is 5.93. The summed E-state index contributed by atoms with van der Waals surface area (Å²) in [6, 6.07) is 10.6. The monoisotopic (exact) mass is 553 g/mol. The zero-order chi connectivity index (χ0) is 27.6. The molecule has 1 aliphatic rings. The van der Waals surface area contributed by atoms with Crippen LogP contribution >= 0.6 is 11.6 Å². The normalized spacial score (nSPS) is 15.3. The van der Waals surface area contributed by atoms with Crippen molar-refractivity contribution >= 4 is 29.4 Å². The molecule has 0 radical (unpaired) electrons. The molecule has 0 aliphatic carbocycles. The molecule has 0 spiro atoms. The van der Waals surface area contributed by atoms with Gasteiger partial charge in [-0.3, -0.25) is 4.98 Å². The standard InChI is InChI=1S/C24H23ClF3N5O5/c25-17-11-13(10-16(19(17)29)24(26,27)28)12-18(21(34)35)38-23(37)32-8-6-15(7-9-32)33-22(36)30-20(31-33)14-4-2-1-3-5-14/h1-5,10-11,15,18H,6-9,12,29H2,(H,34,35)(H,30,31,36)/t18-/m1/s1. The topological polar surface area (TPSA) is 144 Å². The number of nitrogens with zero attached hydrogens (tertiary/aromatic N) is 3. The zero-order valence-corrected chi connectivity index (χ0v) is 20.5. The number of aromatic nitrogens is 3. The van der Waals surface area contributed by atoms with Crippen LogP contribution in [0.15, 0.2) is 47.3 Å². The number of hydrogen-bond acceptors (Lipinski definition) is 6. The predicted octanol–water partition coefficient (Wildman–Crippen LogP) is 3.96. The van der Waals surface area contributed by atoms with Gasteiger partial charge in [-0.2, -0.15) is 13.2 Å². The average Bonchev–Trinajstić information content (AvgIpc) is 3.27. The van der Waals surface area contributed by atoms with Crippen LogP contribution in [0.5, 0.6) is 0 Å². The summed E-state index contributed by atoms with van der Waals surface area (Å²) < 4.78 is 46.2. The number of nitrogens with one attached hydrogen (secondary N) is 1. The maximum atomic E-state index is 13.2. The van der Waals surface area contributed by atoms with Gasteiger partial charge in [0, 0.05) is 25.1 Å². The molecule has 2 aromatic carbocycles. The number of rotatable bonds is 6. The number of alkyl halides is 3. The summed E-state index contributed by atoms with van der Waals surface area (Å²) in [5.74, 6) is -1.12. The number of hydrogen-bond donors (Lipinski definition) is 3. The van der Waals surface area contributed by atoms with Crippen LogP contribution in [-0.4, -0.2) is 56.0 Å². The number of anilines is 1. The SMILES string of the molecule is Nc1c(Cl)cc(C[C@@H](OC(=O)N2CCC(n3nc(-c4ccccc4)[nH]c3=O)CC2)C(=O)O)cc1C(F)(F)F. The average molecular weight is 554 g/mol. The van der Waals surface area contributed by atoms with Crippen LogP contribution in [0, 0.1) is 0 Å². The Morgan fingerprint density at radius 3 is 2.47 bits per heavy atom. The summed E-state index contributed by atoms with van der Waals surface area (Å²) in [4.78, 5) is 40.8. The predicted molar refractivity (Wildman–Crippen MR) is 131 cm³/mol. The van der Waals surface area contributed by atoms with Gasteiger partial charge in [-0.05, 0) is 30.5 Å². The fourth-order valence-electron chi connectivity index (χ4n) is 4.22. The van der Waals surface area contributed by atoms with Gasteiger partial charge in [-0.1, -0.05) is 41.9 Å². The van der Waals surface area contributed by atoms with Crippen LogP contribution in [0.1, 0.15) is 30.0 Å². The van der Waals surface area contributed by atoms with E-state index in [1.807, 2.05) is 30.3 Å². The van der Waals surface area contributed by atoms with Gasteiger partial charge in [-0.25, -0.2) is 19.1 Å². The summed E-state index contributed by atoms with van der Waals surface area (Å²) >= 11 is 5.81. The molecule has 0 saturated carbocycles. The number of ether oxygens (including phenoxy) is 1. The molecule has 202 valence electrons. The number of nitrogen functional groups attached to an aromatic ring is 1. The summed E-state index contributed by atoms with van der Waals surface area (Å²) in [6.07, 6.45) is -7.34. The Morgan fingerprint density at radius 1 is 1.21 bits per heavy atom. The van der Waals surface area contributed by atoms with Gasteiger partial charge in [0.15, 0.2) is 5.82 Å². The maximum Gasteiger partial charge on any atom is 0.418 e. The van der Waals surface area contributed by atoms with Gasteiger partial charge in [-0.15, -0.1) is 5.10 Å². The second-order valence-corrected chi connectivity index (χ2v) is 9.17. The number of likely N-dealkylation sites (tertiary alicyclic amines) is 1. The van der Waals surface area contributed by atoms with E-state index >= 15 is 0 Å². The van der Waals surface area contributed by atoms with Gasteiger partial charge < -0.3 is 20.5 Å². The number of piperidine rings is 1. The lowest BCUT2D eigenvalue weighted by Gasteiger charge is -2.31. The molecule has 10 nitrogen and oxygen atoms in total. The fourth-order valence-corrected chi connectivity index (χ4v) is 4.46. The summed E-state index contributed by atoms with van der Waals surface area (Å²) in [5.41, 5.74) is 3.77. The summed E-state index contributed by atoms with van der Waals surface area (Å²) in [5, 5.41) is 13.5. The number of carbonyl (C=O) groups is 2. The highest BCUT2D eigenvalue weighted by molar-refractivity contribution is 6.33. The zero-order valence-electron chi connectivity index (χ0n) is 19.7. The second kappa shape index (κ2) is 10.8. The van der Waals surface area contributed by atoms with Crippen molar-refractivity contribution in [3.05, 3.63) is 69.1 Å². The number of nitrogens with two attached hydrogens (primary N) is 1. The molecule has 2 heterocycles. The van der Waals surface area contributed by atoms with Gasteiger partial charge in [0.25, 0.3) is 0 Å². The van der Waals surface area contributed by atoms with Gasteiger partial charge in [0.05, 0.1) is 22.3 Å². The van der Waals surface area contributed by atoms with Gasteiger partial charge >= 0.3 is 23.9 Å². The molecule has 3 aromatic rings. The van der Waals surface area contributed by atoms with Crippen LogP contribution in [0.25, 0.3) is 11.4 Å². The van der Waals surface area contributed by atoms with Crippen LogP contribution in [0.2, 0.25) is 5.02 Å². The smallest absolute Gasteiger partial charge is 0.418 e. The summed E-state index contributed by atoms with van der Waals surface area (Å²) in [7, 11) is 0. The quantitative estimate of drug-likeness (QED) is 0.392. The lowest BCUT2D eigenvalue weighted by molar-refractivity contribution is -0.147. The molecule has 1 aromatic heterocycles. The summed E-state index contributed by atoms with van der Waals surface area (Å²) in [6.45, 7) is 0.309.